The largest absolute Gasteiger partial charge is 0.388 e. The van der Waals surface area contributed by atoms with Crippen molar-refractivity contribution in [2.45, 2.75) is 43.1 Å². The fourth-order valence-corrected chi connectivity index (χ4v) is 2.72. The van der Waals surface area contributed by atoms with Crippen molar-refractivity contribution in [3.63, 3.8) is 0 Å². The highest BCUT2D eigenvalue weighted by molar-refractivity contribution is 5.91. The van der Waals surface area contributed by atoms with Gasteiger partial charge in [0.05, 0.1) is 11.0 Å². The van der Waals surface area contributed by atoms with Gasteiger partial charge in [-0.1, -0.05) is 12.1 Å². The number of amides is 1. The van der Waals surface area contributed by atoms with E-state index in [1.807, 2.05) is 0 Å². The molecule has 0 atom stereocenters. The minimum Gasteiger partial charge on any atom is -0.388 e. The van der Waals surface area contributed by atoms with Crippen LogP contribution in [0, 0.1) is 5.82 Å². The molecule has 0 spiro atoms. The second kappa shape index (κ2) is 4.30. The molecule has 2 N–H and O–H groups in total. The molecule has 2 saturated carbocycles. The highest BCUT2D eigenvalue weighted by Gasteiger charge is 2.51. The fraction of sp³-hybridized carbons (Fsp3) is 0.533. The van der Waals surface area contributed by atoms with Crippen LogP contribution in [0.2, 0.25) is 0 Å². The number of hydrogen-bond donors (Lipinski definition) is 2. The highest BCUT2D eigenvalue weighted by Crippen LogP contribution is 2.48. The third-order valence-electron chi connectivity index (χ3n) is 4.44. The molecule has 0 unspecified atom stereocenters. The zero-order valence-corrected chi connectivity index (χ0v) is 10.8. The molecule has 3 rings (SSSR count). The van der Waals surface area contributed by atoms with Gasteiger partial charge < -0.3 is 10.4 Å². The van der Waals surface area contributed by atoms with Crippen LogP contribution in [0.3, 0.4) is 0 Å². The number of halogens is 1. The van der Waals surface area contributed by atoms with Gasteiger partial charge in [-0.25, -0.2) is 4.39 Å². The van der Waals surface area contributed by atoms with E-state index in [2.05, 4.69) is 5.32 Å². The summed E-state index contributed by atoms with van der Waals surface area (Å²) in [4.78, 5) is 12.3. The van der Waals surface area contributed by atoms with E-state index in [9.17, 15) is 14.3 Å². The number of nitrogens with one attached hydrogen (secondary N) is 1. The predicted molar refractivity (Wildman–Crippen MR) is 69.1 cm³/mol. The smallest absolute Gasteiger partial charge is 0.230 e. The van der Waals surface area contributed by atoms with E-state index in [0.29, 0.717) is 6.54 Å². The second-order valence-corrected chi connectivity index (χ2v) is 5.85. The second-order valence-electron chi connectivity index (χ2n) is 5.85. The Morgan fingerprint density at radius 3 is 2.32 bits per heavy atom. The lowest BCUT2D eigenvalue weighted by molar-refractivity contribution is -0.126. The van der Waals surface area contributed by atoms with Gasteiger partial charge in [0.1, 0.15) is 5.82 Å². The van der Waals surface area contributed by atoms with Crippen LogP contribution in [0.5, 0.6) is 0 Å². The first-order chi connectivity index (χ1) is 9.04. The lowest BCUT2D eigenvalue weighted by Gasteiger charge is -2.37. The molecule has 4 heteroatoms. The molecule has 0 heterocycles. The Balaban J connectivity index is 1.67. The molecule has 2 aliphatic carbocycles. The van der Waals surface area contributed by atoms with Crippen LogP contribution in [-0.4, -0.2) is 23.2 Å². The summed E-state index contributed by atoms with van der Waals surface area (Å²) >= 11 is 0. The first kappa shape index (κ1) is 12.6. The molecule has 1 aromatic rings. The Bertz CT molecular complexity index is 489. The normalized spacial score (nSPS) is 22.4. The Morgan fingerprint density at radius 1 is 1.21 bits per heavy atom. The summed E-state index contributed by atoms with van der Waals surface area (Å²) in [6.45, 7) is 0.328. The first-order valence-corrected chi connectivity index (χ1v) is 6.81. The average Bonchev–Trinajstić information content (AvgIpc) is 3.16. The van der Waals surface area contributed by atoms with E-state index >= 15 is 0 Å². The molecule has 1 amide bonds. The van der Waals surface area contributed by atoms with Crippen molar-refractivity contribution in [1.29, 1.82) is 0 Å². The van der Waals surface area contributed by atoms with E-state index in [1.165, 1.54) is 12.1 Å². The Morgan fingerprint density at radius 2 is 1.84 bits per heavy atom. The number of carbonyl (C=O) groups is 1. The van der Waals surface area contributed by atoms with Crippen LogP contribution in [-0.2, 0) is 10.2 Å². The molecular formula is C15H18FNO2. The van der Waals surface area contributed by atoms with Crippen LogP contribution in [0.15, 0.2) is 24.3 Å². The van der Waals surface area contributed by atoms with E-state index in [4.69, 9.17) is 0 Å². The van der Waals surface area contributed by atoms with Crippen molar-refractivity contribution < 1.29 is 14.3 Å². The van der Waals surface area contributed by atoms with E-state index in [1.54, 1.807) is 12.1 Å². The van der Waals surface area contributed by atoms with Crippen LogP contribution in [0.1, 0.15) is 37.7 Å². The summed E-state index contributed by atoms with van der Waals surface area (Å²) in [6, 6.07) is 6.14. The number of aliphatic hydroxyl groups is 1. The zero-order chi connectivity index (χ0) is 13.5. The van der Waals surface area contributed by atoms with Crippen molar-refractivity contribution in [2.24, 2.45) is 0 Å². The maximum absolute atomic E-state index is 12.9. The minimum absolute atomic E-state index is 0.0422. The zero-order valence-electron chi connectivity index (χ0n) is 10.8. The van der Waals surface area contributed by atoms with Crippen LogP contribution in [0.25, 0.3) is 0 Å². The number of rotatable bonds is 4. The standard InChI is InChI=1S/C15H18FNO2/c16-12-4-2-11(3-5-12)15(8-9-15)13(18)17-10-14(19)6-1-7-14/h2-5,19H,1,6-10H2,(H,17,18). The topological polar surface area (TPSA) is 49.3 Å². The molecule has 3 nitrogen and oxygen atoms in total. The summed E-state index contributed by atoms with van der Waals surface area (Å²) in [5.74, 6) is -0.330. The van der Waals surface area contributed by atoms with Gasteiger partial charge in [0, 0.05) is 6.54 Å². The lowest BCUT2D eigenvalue weighted by Crippen LogP contribution is -2.49. The maximum Gasteiger partial charge on any atom is 0.230 e. The molecule has 2 fully saturated rings. The summed E-state index contributed by atoms with van der Waals surface area (Å²) < 4.78 is 12.9. The Hall–Kier alpha value is -1.42. The van der Waals surface area contributed by atoms with Crippen molar-refractivity contribution in [3.8, 4) is 0 Å². The SMILES string of the molecule is O=C(NCC1(O)CCC1)C1(c2ccc(F)cc2)CC1. The van der Waals surface area contributed by atoms with Gasteiger partial charge in [-0.05, 0) is 49.8 Å². The van der Waals surface area contributed by atoms with Gasteiger partial charge in [-0.15, -0.1) is 0 Å². The average molecular weight is 263 g/mol. The Labute approximate surface area is 111 Å². The quantitative estimate of drug-likeness (QED) is 0.871. The van der Waals surface area contributed by atoms with E-state index in [0.717, 1.165) is 37.7 Å². The van der Waals surface area contributed by atoms with Gasteiger partial charge in [0.2, 0.25) is 5.91 Å². The van der Waals surface area contributed by atoms with Gasteiger partial charge in [-0.3, -0.25) is 4.79 Å². The first-order valence-electron chi connectivity index (χ1n) is 6.81. The van der Waals surface area contributed by atoms with Crippen molar-refractivity contribution >= 4 is 5.91 Å². The lowest BCUT2D eigenvalue weighted by atomic mass is 9.80. The van der Waals surface area contributed by atoms with Crippen LogP contribution < -0.4 is 5.32 Å². The summed E-state index contributed by atoms with van der Waals surface area (Å²) in [6.07, 6.45) is 4.13. The van der Waals surface area contributed by atoms with Gasteiger partial charge in [0.25, 0.3) is 0 Å². The van der Waals surface area contributed by atoms with E-state index < -0.39 is 11.0 Å². The van der Waals surface area contributed by atoms with Crippen LogP contribution >= 0.6 is 0 Å². The molecule has 0 bridgehead atoms. The monoisotopic (exact) mass is 263 g/mol. The molecule has 19 heavy (non-hydrogen) atoms. The van der Waals surface area contributed by atoms with Gasteiger partial charge in [-0.2, -0.15) is 0 Å². The van der Waals surface area contributed by atoms with Crippen LogP contribution in [0.4, 0.5) is 4.39 Å². The third kappa shape index (κ3) is 2.25. The Kier molecular flexibility index (Phi) is 2.86. The minimum atomic E-state index is -0.700. The van der Waals surface area contributed by atoms with E-state index in [-0.39, 0.29) is 11.7 Å². The molecule has 0 radical (unpaired) electrons. The molecule has 2 aliphatic rings. The molecular weight excluding hydrogens is 245 g/mol. The fourth-order valence-electron chi connectivity index (χ4n) is 2.72. The molecule has 0 saturated heterocycles. The molecule has 0 aromatic heterocycles. The molecule has 1 aromatic carbocycles. The molecule has 102 valence electrons. The third-order valence-corrected chi connectivity index (χ3v) is 4.44. The molecule has 0 aliphatic heterocycles. The highest BCUT2D eigenvalue weighted by atomic mass is 19.1. The van der Waals surface area contributed by atoms with Crippen molar-refractivity contribution in [2.75, 3.05) is 6.54 Å². The number of hydrogen-bond acceptors (Lipinski definition) is 2. The summed E-state index contributed by atoms with van der Waals surface area (Å²) in [7, 11) is 0. The number of carbonyl (C=O) groups excluding carboxylic acids is 1. The van der Waals surface area contributed by atoms with Gasteiger partial charge in [0.15, 0.2) is 0 Å². The van der Waals surface area contributed by atoms with Gasteiger partial charge >= 0.3 is 0 Å². The summed E-state index contributed by atoms with van der Waals surface area (Å²) in [5.41, 5.74) is -0.325. The summed E-state index contributed by atoms with van der Waals surface area (Å²) in [5, 5.41) is 12.8. The predicted octanol–water partition coefficient (Wildman–Crippen LogP) is 1.89. The maximum atomic E-state index is 12.9. The number of benzene rings is 1. The van der Waals surface area contributed by atoms with Crippen molar-refractivity contribution in [3.05, 3.63) is 35.6 Å². The van der Waals surface area contributed by atoms with Crippen molar-refractivity contribution in [1.82, 2.24) is 5.32 Å².